The first kappa shape index (κ1) is 13.8. The molecule has 22 heavy (non-hydrogen) atoms. The number of carbonyl (C=O) groups excluding carboxylic acids is 1. The molecular formula is C17H19N3OS. The molecule has 2 heterocycles. The lowest BCUT2D eigenvalue weighted by Crippen LogP contribution is -2.49. The van der Waals surface area contributed by atoms with Crippen LogP contribution in [0.4, 0.5) is 5.13 Å². The van der Waals surface area contributed by atoms with E-state index in [0.29, 0.717) is 11.8 Å². The molecule has 0 N–H and O–H groups in total. The SMILES string of the molecule is O=C([C@H]1C[C@@H]1c1ccccc1)N1CCN(c2nccs2)CC1. The Balaban J connectivity index is 1.34. The fourth-order valence-corrected chi connectivity index (χ4v) is 3.96. The van der Waals surface area contributed by atoms with Gasteiger partial charge < -0.3 is 9.80 Å². The van der Waals surface area contributed by atoms with Crippen LogP contribution in [0.3, 0.4) is 0 Å². The van der Waals surface area contributed by atoms with E-state index in [1.165, 1.54) is 5.56 Å². The molecule has 5 heteroatoms. The largest absolute Gasteiger partial charge is 0.345 e. The fraction of sp³-hybridized carbons (Fsp3) is 0.412. The summed E-state index contributed by atoms with van der Waals surface area (Å²) in [6.45, 7) is 3.41. The third-order valence-electron chi connectivity index (χ3n) is 4.62. The van der Waals surface area contributed by atoms with Crippen LogP contribution in [0.5, 0.6) is 0 Å². The Bertz CT molecular complexity index is 635. The molecule has 2 aromatic rings. The number of hydrogen-bond acceptors (Lipinski definition) is 4. The van der Waals surface area contributed by atoms with E-state index in [4.69, 9.17) is 0 Å². The summed E-state index contributed by atoms with van der Waals surface area (Å²) in [7, 11) is 0. The van der Waals surface area contributed by atoms with E-state index in [1.807, 2.05) is 22.5 Å². The molecule has 0 bridgehead atoms. The monoisotopic (exact) mass is 313 g/mol. The Labute approximate surface area is 134 Å². The molecule has 114 valence electrons. The molecule has 1 aliphatic heterocycles. The molecule has 1 saturated heterocycles. The second-order valence-corrected chi connectivity index (χ2v) is 6.86. The molecule has 0 spiro atoms. The van der Waals surface area contributed by atoms with Crippen molar-refractivity contribution in [1.82, 2.24) is 9.88 Å². The Morgan fingerprint density at radius 1 is 1.14 bits per heavy atom. The highest BCUT2D eigenvalue weighted by atomic mass is 32.1. The summed E-state index contributed by atoms with van der Waals surface area (Å²) in [5.74, 6) is 0.979. The van der Waals surface area contributed by atoms with E-state index >= 15 is 0 Å². The summed E-state index contributed by atoms with van der Waals surface area (Å²) in [6.07, 6.45) is 2.85. The highest BCUT2D eigenvalue weighted by Crippen LogP contribution is 2.48. The van der Waals surface area contributed by atoms with Crippen molar-refractivity contribution in [3.63, 3.8) is 0 Å². The van der Waals surface area contributed by atoms with Crippen LogP contribution in [0.15, 0.2) is 41.9 Å². The molecular weight excluding hydrogens is 294 g/mol. The van der Waals surface area contributed by atoms with Crippen LogP contribution < -0.4 is 4.90 Å². The summed E-state index contributed by atoms with van der Waals surface area (Å²) < 4.78 is 0. The Kier molecular flexibility index (Phi) is 3.58. The third-order valence-corrected chi connectivity index (χ3v) is 5.45. The van der Waals surface area contributed by atoms with Gasteiger partial charge >= 0.3 is 0 Å². The third kappa shape index (κ3) is 2.61. The van der Waals surface area contributed by atoms with Crippen molar-refractivity contribution in [2.45, 2.75) is 12.3 Å². The smallest absolute Gasteiger partial charge is 0.226 e. The second-order valence-electron chi connectivity index (χ2n) is 5.99. The average Bonchev–Trinajstić information content (AvgIpc) is 3.20. The molecule has 2 atom stereocenters. The van der Waals surface area contributed by atoms with Crippen molar-refractivity contribution < 1.29 is 4.79 Å². The molecule has 1 aromatic carbocycles. The maximum atomic E-state index is 12.6. The number of anilines is 1. The fourth-order valence-electron chi connectivity index (χ4n) is 3.26. The van der Waals surface area contributed by atoms with Gasteiger partial charge in [-0.3, -0.25) is 4.79 Å². The highest BCUT2D eigenvalue weighted by Gasteiger charge is 2.46. The number of nitrogens with zero attached hydrogens (tertiary/aromatic N) is 3. The minimum absolute atomic E-state index is 0.203. The van der Waals surface area contributed by atoms with Gasteiger partial charge in [0.1, 0.15) is 0 Å². The lowest BCUT2D eigenvalue weighted by atomic mass is 10.1. The first-order valence-electron chi connectivity index (χ1n) is 7.81. The number of aromatic nitrogens is 1. The van der Waals surface area contributed by atoms with Gasteiger partial charge in [-0.15, -0.1) is 11.3 Å². The van der Waals surface area contributed by atoms with E-state index in [2.05, 4.69) is 34.1 Å². The summed E-state index contributed by atoms with van der Waals surface area (Å²) >= 11 is 1.67. The van der Waals surface area contributed by atoms with E-state index in [0.717, 1.165) is 37.7 Å². The van der Waals surface area contributed by atoms with Gasteiger partial charge in [0.05, 0.1) is 0 Å². The highest BCUT2D eigenvalue weighted by molar-refractivity contribution is 7.13. The van der Waals surface area contributed by atoms with Crippen molar-refractivity contribution in [2.75, 3.05) is 31.1 Å². The van der Waals surface area contributed by atoms with Crippen molar-refractivity contribution in [1.29, 1.82) is 0 Å². The maximum absolute atomic E-state index is 12.6. The number of piperazine rings is 1. The van der Waals surface area contributed by atoms with Crippen LogP contribution >= 0.6 is 11.3 Å². The van der Waals surface area contributed by atoms with Gasteiger partial charge in [0.15, 0.2) is 5.13 Å². The number of benzene rings is 1. The van der Waals surface area contributed by atoms with Gasteiger partial charge in [-0.2, -0.15) is 0 Å². The Morgan fingerprint density at radius 3 is 2.59 bits per heavy atom. The van der Waals surface area contributed by atoms with E-state index in [1.54, 1.807) is 11.3 Å². The summed E-state index contributed by atoms with van der Waals surface area (Å²) in [4.78, 5) is 21.3. The molecule has 1 amide bonds. The van der Waals surface area contributed by atoms with Crippen molar-refractivity contribution >= 4 is 22.4 Å². The van der Waals surface area contributed by atoms with Gasteiger partial charge in [-0.25, -0.2) is 4.98 Å². The van der Waals surface area contributed by atoms with Gasteiger partial charge in [0.2, 0.25) is 5.91 Å². The Hall–Kier alpha value is -1.88. The molecule has 1 aliphatic carbocycles. The van der Waals surface area contributed by atoms with Crippen molar-refractivity contribution in [3.05, 3.63) is 47.5 Å². The van der Waals surface area contributed by atoms with Gasteiger partial charge in [-0.05, 0) is 17.9 Å². The van der Waals surface area contributed by atoms with Crippen LogP contribution in [0.1, 0.15) is 17.9 Å². The standard InChI is InChI=1S/C17H19N3OS/c21-16(15-12-14(15)13-4-2-1-3-5-13)19-7-9-20(10-8-19)17-18-6-11-22-17/h1-6,11,14-15H,7-10,12H2/t14-,15+/m1/s1. The number of amides is 1. The zero-order valence-corrected chi connectivity index (χ0v) is 13.2. The molecule has 2 aliphatic rings. The van der Waals surface area contributed by atoms with Crippen LogP contribution in [0, 0.1) is 5.92 Å². The van der Waals surface area contributed by atoms with Crippen molar-refractivity contribution in [3.8, 4) is 0 Å². The Morgan fingerprint density at radius 2 is 1.91 bits per heavy atom. The minimum Gasteiger partial charge on any atom is -0.345 e. The number of hydrogen-bond donors (Lipinski definition) is 0. The van der Waals surface area contributed by atoms with E-state index < -0.39 is 0 Å². The first-order chi connectivity index (χ1) is 10.8. The van der Waals surface area contributed by atoms with Crippen LogP contribution in [0.25, 0.3) is 0 Å². The van der Waals surface area contributed by atoms with Gasteiger partial charge in [-0.1, -0.05) is 30.3 Å². The topological polar surface area (TPSA) is 36.4 Å². The molecule has 2 fully saturated rings. The van der Waals surface area contributed by atoms with Crippen molar-refractivity contribution in [2.24, 2.45) is 5.92 Å². The first-order valence-corrected chi connectivity index (χ1v) is 8.69. The van der Waals surface area contributed by atoms with Gasteiger partial charge in [0.25, 0.3) is 0 Å². The second kappa shape index (κ2) is 5.72. The molecule has 1 saturated carbocycles. The number of carbonyl (C=O) groups is 1. The van der Waals surface area contributed by atoms with Crippen LogP contribution in [-0.4, -0.2) is 42.0 Å². The molecule has 0 unspecified atom stereocenters. The van der Waals surface area contributed by atoms with Crippen LogP contribution in [-0.2, 0) is 4.79 Å². The number of thiazole rings is 1. The number of rotatable bonds is 3. The predicted octanol–water partition coefficient (Wildman–Crippen LogP) is 2.60. The zero-order chi connectivity index (χ0) is 14.9. The zero-order valence-electron chi connectivity index (χ0n) is 12.4. The van der Waals surface area contributed by atoms with E-state index in [9.17, 15) is 4.79 Å². The summed E-state index contributed by atoms with van der Waals surface area (Å²) in [6, 6.07) is 10.4. The lowest BCUT2D eigenvalue weighted by molar-refractivity contribution is -0.132. The summed E-state index contributed by atoms with van der Waals surface area (Å²) in [5.41, 5.74) is 1.31. The summed E-state index contributed by atoms with van der Waals surface area (Å²) in [5, 5.41) is 3.07. The average molecular weight is 313 g/mol. The molecule has 1 aromatic heterocycles. The minimum atomic E-state index is 0.203. The lowest BCUT2D eigenvalue weighted by Gasteiger charge is -2.34. The molecule has 4 rings (SSSR count). The normalized spacial score (nSPS) is 24.4. The van der Waals surface area contributed by atoms with E-state index in [-0.39, 0.29) is 5.92 Å². The van der Waals surface area contributed by atoms with Gasteiger partial charge in [0, 0.05) is 43.7 Å². The predicted molar refractivity (Wildman–Crippen MR) is 88.2 cm³/mol. The quantitative estimate of drug-likeness (QED) is 0.874. The van der Waals surface area contributed by atoms with Crippen LogP contribution in [0.2, 0.25) is 0 Å². The molecule has 0 radical (unpaired) electrons. The maximum Gasteiger partial charge on any atom is 0.226 e. The molecule has 4 nitrogen and oxygen atoms in total.